The van der Waals surface area contributed by atoms with Gasteiger partial charge >= 0.3 is 0 Å². The van der Waals surface area contributed by atoms with Gasteiger partial charge in [-0.2, -0.15) is 0 Å². The quantitative estimate of drug-likeness (QED) is 0.230. The molecule has 1 aliphatic heterocycles. The second-order valence-electron chi connectivity index (χ2n) is 8.23. The van der Waals surface area contributed by atoms with E-state index < -0.39 is 0 Å². The summed E-state index contributed by atoms with van der Waals surface area (Å²) in [5.41, 5.74) is 0. The Bertz CT molecular complexity index is 326. The number of unbranched alkanes of at least 4 members (excludes halogenated alkanes) is 13. The van der Waals surface area contributed by atoms with Crippen LogP contribution in [0.4, 0.5) is 0 Å². The maximum absolute atomic E-state index is 2.62. The molecule has 0 saturated carbocycles. The molecule has 1 heterocycles. The molecule has 1 aliphatic rings. The lowest BCUT2D eigenvalue weighted by Crippen LogP contribution is -2.38. The van der Waals surface area contributed by atoms with E-state index in [0.717, 1.165) is 6.54 Å². The third-order valence-electron chi connectivity index (χ3n) is 5.92. The molecule has 0 aromatic heterocycles. The Morgan fingerprint density at radius 3 is 1.54 bits per heavy atom. The lowest BCUT2D eigenvalue weighted by atomic mass is 10.1. The van der Waals surface area contributed by atoms with E-state index in [0.29, 0.717) is 6.17 Å². The van der Waals surface area contributed by atoms with Crippen LogP contribution in [0.5, 0.6) is 0 Å². The zero-order chi connectivity index (χ0) is 18.9. The first-order chi connectivity index (χ1) is 12.8. The van der Waals surface area contributed by atoms with E-state index in [1.54, 1.807) is 0 Å². The third-order valence-corrected chi connectivity index (χ3v) is 5.92. The summed E-state index contributed by atoms with van der Waals surface area (Å²) in [4.78, 5) is 5.16. The van der Waals surface area contributed by atoms with E-state index in [9.17, 15) is 0 Å². The number of hydrogen-bond acceptors (Lipinski definition) is 2. The van der Waals surface area contributed by atoms with Crippen molar-refractivity contribution in [3.8, 4) is 0 Å². The highest BCUT2D eigenvalue weighted by Gasteiger charge is 2.23. The molecule has 26 heavy (non-hydrogen) atoms. The van der Waals surface area contributed by atoms with Crippen molar-refractivity contribution < 1.29 is 0 Å². The zero-order valence-electron chi connectivity index (χ0n) is 18.4. The van der Waals surface area contributed by atoms with Gasteiger partial charge in [0.15, 0.2) is 0 Å². The normalized spacial score (nSPS) is 16.8. The highest BCUT2D eigenvalue weighted by atomic mass is 15.4. The van der Waals surface area contributed by atoms with Crippen molar-refractivity contribution in [2.75, 3.05) is 13.1 Å². The molecule has 154 valence electrons. The van der Waals surface area contributed by atoms with Crippen LogP contribution in [0, 0.1) is 0 Å². The van der Waals surface area contributed by atoms with Gasteiger partial charge in [-0.1, -0.05) is 97.3 Å². The summed E-state index contributed by atoms with van der Waals surface area (Å²) in [6, 6.07) is 0. The van der Waals surface area contributed by atoms with Crippen LogP contribution in [0.2, 0.25) is 0 Å². The molecule has 0 N–H and O–H groups in total. The van der Waals surface area contributed by atoms with Crippen LogP contribution in [0.15, 0.2) is 12.4 Å². The van der Waals surface area contributed by atoms with Gasteiger partial charge in [-0.15, -0.1) is 0 Å². The van der Waals surface area contributed by atoms with Crippen LogP contribution in [0.25, 0.3) is 0 Å². The minimum atomic E-state index is 0.639. The fourth-order valence-corrected chi connectivity index (χ4v) is 4.14. The maximum Gasteiger partial charge on any atom is 0.101 e. The molecule has 0 saturated heterocycles. The number of rotatable bonds is 18. The second-order valence-corrected chi connectivity index (χ2v) is 8.23. The van der Waals surface area contributed by atoms with Crippen molar-refractivity contribution in [2.45, 2.75) is 130 Å². The fraction of sp³-hybridized carbons (Fsp3) is 0.917. The summed E-state index contributed by atoms with van der Waals surface area (Å²) < 4.78 is 0. The average molecular weight is 365 g/mol. The van der Waals surface area contributed by atoms with E-state index in [2.05, 4.69) is 43.0 Å². The van der Waals surface area contributed by atoms with Crippen LogP contribution >= 0.6 is 0 Å². The minimum Gasteiger partial charge on any atom is -0.356 e. The molecule has 1 atom stereocenters. The predicted octanol–water partition coefficient (Wildman–Crippen LogP) is 7.70. The van der Waals surface area contributed by atoms with Crippen molar-refractivity contribution >= 4 is 0 Å². The first-order valence-electron chi connectivity index (χ1n) is 12.0. The predicted molar refractivity (Wildman–Crippen MR) is 117 cm³/mol. The van der Waals surface area contributed by atoms with Crippen molar-refractivity contribution in [1.29, 1.82) is 0 Å². The molecule has 1 rings (SSSR count). The first-order valence-corrected chi connectivity index (χ1v) is 12.0. The summed E-state index contributed by atoms with van der Waals surface area (Å²) in [5, 5.41) is 0. The van der Waals surface area contributed by atoms with Crippen LogP contribution in [-0.2, 0) is 0 Å². The Morgan fingerprint density at radius 2 is 1.00 bits per heavy atom. The van der Waals surface area contributed by atoms with Crippen LogP contribution in [-0.4, -0.2) is 29.1 Å². The molecule has 0 aliphatic carbocycles. The van der Waals surface area contributed by atoms with E-state index in [1.165, 1.54) is 109 Å². The Morgan fingerprint density at radius 1 is 0.538 bits per heavy atom. The topological polar surface area (TPSA) is 6.48 Å². The highest BCUT2D eigenvalue weighted by molar-refractivity contribution is 4.96. The van der Waals surface area contributed by atoms with Crippen LogP contribution in [0.1, 0.15) is 124 Å². The number of nitrogens with zero attached hydrogens (tertiary/aromatic N) is 2. The lowest BCUT2D eigenvalue weighted by molar-refractivity contribution is 0.142. The van der Waals surface area contributed by atoms with Crippen molar-refractivity contribution in [3.05, 3.63) is 12.4 Å². The average Bonchev–Trinajstić information content (AvgIpc) is 3.05. The van der Waals surface area contributed by atoms with Gasteiger partial charge in [-0.3, -0.25) is 0 Å². The summed E-state index contributed by atoms with van der Waals surface area (Å²) in [7, 11) is 0. The van der Waals surface area contributed by atoms with Gasteiger partial charge in [0.25, 0.3) is 0 Å². The van der Waals surface area contributed by atoms with Crippen molar-refractivity contribution in [3.63, 3.8) is 0 Å². The van der Waals surface area contributed by atoms with E-state index >= 15 is 0 Å². The van der Waals surface area contributed by atoms with Crippen LogP contribution in [0.3, 0.4) is 0 Å². The molecular formula is C24H48N2. The smallest absolute Gasteiger partial charge is 0.101 e. The third kappa shape index (κ3) is 10.5. The van der Waals surface area contributed by atoms with E-state index in [-0.39, 0.29) is 0 Å². The Hall–Kier alpha value is -0.660. The van der Waals surface area contributed by atoms with E-state index in [1.807, 2.05) is 0 Å². The molecule has 0 fully saturated rings. The van der Waals surface area contributed by atoms with Gasteiger partial charge in [-0.25, -0.2) is 0 Å². The van der Waals surface area contributed by atoms with Crippen molar-refractivity contribution in [1.82, 2.24) is 9.80 Å². The molecule has 1 unspecified atom stereocenters. The van der Waals surface area contributed by atoms with Gasteiger partial charge in [0.1, 0.15) is 6.17 Å². The summed E-state index contributed by atoms with van der Waals surface area (Å²) in [5.74, 6) is 0. The SMILES string of the molecule is CCCCCCCCCCCC1N(CC)C=CN1CCCCCCCC. The van der Waals surface area contributed by atoms with Crippen molar-refractivity contribution in [2.24, 2.45) is 0 Å². The Kier molecular flexibility index (Phi) is 14.8. The Labute approximate surface area is 165 Å². The lowest BCUT2D eigenvalue weighted by Gasteiger charge is -2.32. The monoisotopic (exact) mass is 364 g/mol. The minimum absolute atomic E-state index is 0.639. The second kappa shape index (κ2) is 16.5. The molecule has 0 aromatic rings. The summed E-state index contributed by atoms with van der Waals surface area (Å²) in [6.07, 6.45) is 27.9. The van der Waals surface area contributed by atoms with Gasteiger partial charge in [0.2, 0.25) is 0 Å². The highest BCUT2D eigenvalue weighted by Crippen LogP contribution is 2.22. The fourth-order valence-electron chi connectivity index (χ4n) is 4.14. The summed E-state index contributed by atoms with van der Waals surface area (Å²) >= 11 is 0. The van der Waals surface area contributed by atoms with Gasteiger partial charge < -0.3 is 9.80 Å². The maximum atomic E-state index is 2.62. The van der Waals surface area contributed by atoms with Crippen LogP contribution < -0.4 is 0 Å². The molecule has 0 bridgehead atoms. The molecule has 2 nitrogen and oxygen atoms in total. The van der Waals surface area contributed by atoms with Gasteiger partial charge in [0.05, 0.1) is 0 Å². The Balaban J connectivity index is 2.10. The van der Waals surface area contributed by atoms with E-state index in [4.69, 9.17) is 0 Å². The van der Waals surface area contributed by atoms with Gasteiger partial charge in [0, 0.05) is 25.5 Å². The molecule has 0 radical (unpaired) electrons. The van der Waals surface area contributed by atoms with Gasteiger partial charge in [-0.05, 0) is 26.2 Å². The largest absolute Gasteiger partial charge is 0.356 e. The molecular weight excluding hydrogens is 316 g/mol. The molecule has 2 heteroatoms. The molecule has 0 aromatic carbocycles. The standard InChI is InChI=1S/C24H48N2/c1-4-7-9-11-13-14-15-16-18-20-24-25(6-3)22-23-26(24)21-19-17-12-10-8-5-2/h22-24H,4-21H2,1-3H3. The number of hydrogen-bond donors (Lipinski definition) is 0. The molecule has 0 spiro atoms. The molecule has 0 amide bonds. The summed E-state index contributed by atoms with van der Waals surface area (Å²) in [6.45, 7) is 9.29. The first kappa shape index (κ1) is 23.4. The zero-order valence-corrected chi connectivity index (χ0v) is 18.4.